The van der Waals surface area contributed by atoms with E-state index in [4.69, 9.17) is 20.5 Å². The fourth-order valence-corrected chi connectivity index (χ4v) is 7.05. The molecule has 0 spiro atoms. The fraction of sp³-hybridized carbons (Fsp3) is 0.257. The van der Waals surface area contributed by atoms with E-state index in [1.165, 1.54) is 37.6 Å². The van der Waals surface area contributed by atoms with E-state index in [0.29, 0.717) is 29.7 Å². The molecule has 0 bridgehead atoms. The summed E-state index contributed by atoms with van der Waals surface area (Å²) >= 11 is 0. The van der Waals surface area contributed by atoms with Gasteiger partial charge in [0.15, 0.2) is 0 Å². The van der Waals surface area contributed by atoms with E-state index < -0.39 is 46.6 Å². The molecule has 1 aliphatic rings. The molecule has 276 valence electrons. The van der Waals surface area contributed by atoms with E-state index >= 15 is 0 Å². The molecule has 52 heavy (non-hydrogen) atoms. The van der Waals surface area contributed by atoms with Crippen molar-refractivity contribution in [2.75, 3.05) is 26.7 Å². The van der Waals surface area contributed by atoms with Crippen LogP contribution >= 0.6 is 0 Å². The smallest absolute Gasteiger partial charge is 0.490 e. The minimum atomic E-state index is -5.08. The number of rotatable bonds is 12. The van der Waals surface area contributed by atoms with Gasteiger partial charge in [-0.25, -0.2) is 17.6 Å². The number of amides is 2. The molecule has 1 fully saturated rings. The van der Waals surface area contributed by atoms with Crippen LogP contribution in [0, 0.1) is 5.82 Å². The number of alkyl halides is 3. The number of sulfonamides is 1. The van der Waals surface area contributed by atoms with Gasteiger partial charge in [0.2, 0.25) is 21.8 Å². The van der Waals surface area contributed by atoms with E-state index in [-0.39, 0.29) is 30.2 Å². The van der Waals surface area contributed by atoms with Crippen molar-refractivity contribution in [1.82, 2.24) is 14.5 Å². The van der Waals surface area contributed by atoms with Crippen molar-refractivity contribution in [3.63, 3.8) is 0 Å². The topological polar surface area (TPSA) is 172 Å². The number of ether oxygens (including phenoxy) is 1. The van der Waals surface area contributed by atoms with Gasteiger partial charge in [-0.3, -0.25) is 9.59 Å². The summed E-state index contributed by atoms with van der Waals surface area (Å²) in [5, 5.41) is 14.8. The zero-order chi connectivity index (χ0) is 38.1. The third-order valence-corrected chi connectivity index (χ3v) is 9.81. The van der Waals surface area contributed by atoms with Gasteiger partial charge in [0, 0.05) is 19.6 Å². The maximum atomic E-state index is 14.2. The minimum Gasteiger partial charge on any atom is -0.497 e. The molecular weight excluding hydrogens is 710 g/mol. The Morgan fingerprint density at radius 1 is 1.04 bits per heavy atom. The molecule has 0 unspecified atom stereocenters. The standard InChI is InChI=1S/C33H34FN5O5S.C2HF3O2/c1-44-29-10-8-26-9-11-30(19-27(26)18-29)45(42,43)39(22-32(40)36-14-12-23-4-3-7-28(34)17-23)31-13-15-38(33(31)41)21-25-6-2-5-24(16-25)20-37-35;3-2(4,5)1(6)7/h2-11,16-20,31H,12-15,21-22,35H2,1H3,(H,36,40);(H,6,7)/t31-;/m0./s1. The number of nitrogens with one attached hydrogen (secondary N) is 1. The second-order valence-electron chi connectivity index (χ2n) is 11.5. The molecule has 1 heterocycles. The highest BCUT2D eigenvalue weighted by Crippen LogP contribution is 2.29. The van der Waals surface area contributed by atoms with Crippen LogP contribution in [0.5, 0.6) is 5.75 Å². The van der Waals surface area contributed by atoms with Crippen LogP contribution in [0.4, 0.5) is 17.6 Å². The van der Waals surface area contributed by atoms with E-state index in [2.05, 4.69) is 10.4 Å². The monoisotopic (exact) mass is 745 g/mol. The first kappa shape index (κ1) is 39.2. The molecule has 0 saturated carbocycles. The van der Waals surface area contributed by atoms with Crippen molar-refractivity contribution in [1.29, 1.82) is 0 Å². The maximum Gasteiger partial charge on any atom is 0.490 e. The zero-order valence-corrected chi connectivity index (χ0v) is 28.5. The number of carboxylic acid groups (broad SMARTS) is 1. The minimum absolute atomic E-state index is 0.0455. The maximum absolute atomic E-state index is 14.2. The lowest BCUT2D eigenvalue weighted by molar-refractivity contribution is -0.192. The van der Waals surface area contributed by atoms with Crippen molar-refractivity contribution in [3.8, 4) is 5.75 Å². The Kier molecular flexibility index (Phi) is 12.9. The summed E-state index contributed by atoms with van der Waals surface area (Å²) in [6, 6.07) is 22.3. The molecule has 5 rings (SSSR count). The van der Waals surface area contributed by atoms with Gasteiger partial charge in [-0.1, -0.05) is 42.5 Å². The molecule has 4 N–H and O–H groups in total. The first-order chi connectivity index (χ1) is 24.6. The van der Waals surface area contributed by atoms with E-state index in [0.717, 1.165) is 20.8 Å². The molecule has 1 aliphatic heterocycles. The van der Waals surface area contributed by atoms with Gasteiger partial charge in [-0.15, -0.1) is 0 Å². The molecule has 2 amide bonds. The molecule has 0 aliphatic carbocycles. The summed E-state index contributed by atoms with van der Waals surface area (Å²) in [6.07, 6.45) is -3.02. The lowest BCUT2D eigenvalue weighted by Gasteiger charge is -2.27. The van der Waals surface area contributed by atoms with Crippen LogP contribution in [0.25, 0.3) is 10.8 Å². The number of carbonyl (C=O) groups is 3. The summed E-state index contributed by atoms with van der Waals surface area (Å²) in [5.41, 5.74) is 2.29. The van der Waals surface area contributed by atoms with Crippen LogP contribution in [-0.2, 0) is 37.4 Å². The molecule has 4 aromatic rings. The summed E-state index contributed by atoms with van der Waals surface area (Å²) in [4.78, 5) is 37.3. The number of methoxy groups -OCH3 is 1. The van der Waals surface area contributed by atoms with Gasteiger partial charge in [0.25, 0.3) is 0 Å². The highest BCUT2D eigenvalue weighted by Gasteiger charge is 2.43. The predicted molar refractivity (Wildman–Crippen MR) is 183 cm³/mol. The van der Waals surface area contributed by atoms with E-state index in [9.17, 15) is 35.6 Å². The van der Waals surface area contributed by atoms with Gasteiger partial charge in [0.05, 0.1) is 24.8 Å². The molecule has 0 radical (unpaired) electrons. The molecule has 12 nitrogen and oxygen atoms in total. The predicted octanol–water partition coefficient (Wildman–Crippen LogP) is 4.06. The first-order valence-electron chi connectivity index (χ1n) is 15.6. The average Bonchev–Trinajstić information content (AvgIpc) is 3.45. The average molecular weight is 746 g/mol. The molecule has 4 aromatic carbocycles. The van der Waals surface area contributed by atoms with Crippen LogP contribution < -0.4 is 15.9 Å². The molecule has 1 saturated heterocycles. The molecule has 1 atom stereocenters. The lowest BCUT2D eigenvalue weighted by Crippen LogP contribution is -2.49. The Labute approximate surface area is 296 Å². The Hall–Kier alpha value is -5.55. The number of carbonyl (C=O) groups excluding carboxylic acids is 2. The van der Waals surface area contributed by atoms with Crippen molar-refractivity contribution < 1.29 is 50.2 Å². The van der Waals surface area contributed by atoms with Crippen LogP contribution in [0.1, 0.15) is 23.1 Å². The largest absolute Gasteiger partial charge is 0.497 e. The molecule has 17 heteroatoms. The van der Waals surface area contributed by atoms with E-state index in [1.807, 2.05) is 30.3 Å². The quantitative estimate of drug-likeness (QED) is 0.0844. The number of likely N-dealkylation sites (tertiary alicyclic amines) is 1. The summed E-state index contributed by atoms with van der Waals surface area (Å²) in [7, 11) is -2.79. The van der Waals surface area contributed by atoms with Crippen LogP contribution in [-0.4, -0.2) is 85.7 Å². The van der Waals surface area contributed by atoms with Gasteiger partial charge in [-0.05, 0) is 82.8 Å². The number of fused-ring (bicyclic) bond motifs is 1. The third-order valence-electron chi connectivity index (χ3n) is 7.96. The summed E-state index contributed by atoms with van der Waals surface area (Å²) < 4.78 is 80.0. The number of hydrogen-bond acceptors (Lipinski definition) is 8. The normalized spacial score (nSPS) is 14.8. The van der Waals surface area contributed by atoms with Gasteiger partial charge >= 0.3 is 12.1 Å². The second kappa shape index (κ2) is 17.1. The number of aliphatic carboxylic acids is 1. The second-order valence-corrected chi connectivity index (χ2v) is 13.4. The zero-order valence-electron chi connectivity index (χ0n) is 27.7. The molecular formula is C35H35F4N5O7S. The van der Waals surface area contributed by atoms with Crippen LogP contribution in [0.15, 0.2) is 94.9 Å². The summed E-state index contributed by atoms with van der Waals surface area (Å²) in [6.45, 7) is 0.166. The fourth-order valence-electron chi connectivity index (χ4n) is 5.45. The van der Waals surface area contributed by atoms with Crippen molar-refractivity contribution in [2.45, 2.75) is 36.5 Å². The highest BCUT2D eigenvalue weighted by atomic mass is 32.2. The lowest BCUT2D eigenvalue weighted by atomic mass is 10.1. The van der Waals surface area contributed by atoms with Crippen molar-refractivity contribution in [2.24, 2.45) is 10.9 Å². The highest BCUT2D eigenvalue weighted by molar-refractivity contribution is 7.89. The SMILES string of the molecule is COc1ccc2ccc(S(=O)(=O)N(CC(=O)NCCc3cccc(F)c3)[C@H]3CCN(Cc4cccc(C=NN)c4)C3=O)cc2c1.O=C(O)C(F)(F)F. The number of halogens is 4. The Morgan fingerprint density at radius 2 is 1.73 bits per heavy atom. The Bertz CT molecular complexity index is 2060. The van der Waals surface area contributed by atoms with Gasteiger partial charge < -0.3 is 25.9 Å². The van der Waals surface area contributed by atoms with Gasteiger partial charge in [0.1, 0.15) is 17.6 Å². The van der Waals surface area contributed by atoms with E-state index in [1.54, 1.807) is 35.2 Å². The number of nitrogens with two attached hydrogens (primary N) is 1. The van der Waals surface area contributed by atoms with Gasteiger partial charge in [-0.2, -0.15) is 22.6 Å². The number of hydrazone groups is 1. The first-order valence-corrected chi connectivity index (χ1v) is 17.1. The third kappa shape index (κ3) is 10.3. The summed E-state index contributed by atoms with van der Waals surface area (Å²) in [5.74, 6) is 1.73. The van der Waals surface area contributed by atoms with Crippen LogP contribution in [0.3, 0.4) is 0 Å². The van der Waals surface area contributed by atoms with Crippen LogP contribution in [0.2, 0.25) is 0 Å². The van der Waals surface area contributed by atoms with Crippen molar-refractivity contribution in [3.05, 3.63) is 107 Å². The van der Waals surface area contributed by atoms with Crippen molar-refractivity contribution >= 4 is 44.8 Å². The number of benzene rings is 4. The number of carboxylic acids is 1. The molecule has 0 aromatic heterocycles. The number of nitrogens with zero attached hydrogens (tertiary/aromatic N) is 3. The Balaban J connectivity index is 0.000000785. The number of hydrogen-bond donors (Lipinski definition) is 3. The Morgan fingerprint density at radius 3 is 2.40 bits per heavy atom.